The first-order chi connectivity index (χ1) is 10.3. The van der Waals surface area contributed by atoms with Gasteiger partial charge in [-0.15, -0.1) is 0 Å². The molecule has 1 aromatic heterocycles. The molecule has 2 N–H and O–H groups in total. The molecule has 0 spiro atoms. The predicted octanol–water partition coefficient (Wildman–Crippen LogP) is 3.01. The number of H-pyrrole nitrogens is 1. The second-order valence-electron chi connectivity index (χ2n) is 4.74. The second-order valence-corrected chi connectivity index (χ2v) is 4.74. The molecule has 0 radical (unpaired) electrons. The summed E-state index contributed by atoms with van der Waals surface area (Å²) in [5.41, 5.74) is 3.91. The summed E-state index contributed by atoms with van der Waals surface area (Å²) in [6.07, 6.45) is 3.09. The van der Waals surface area contributed by atoms with E-state index < -0.39 is 0 Å². The molecule has 1 amide bonds. The predicted molar refractivity (Wildman–Crippen MR) is 81.6 cm³/mol. The third kappa shape index (κ3) is 3.17. The highest BCUT2D eigenvalue weighted by Gasteiger charge is 2.06. The van der Waals surface area contributed by atoms with Crippen molar-refractivity contribution in [3.63, 3.8) is 0 Å². The molecule has 21 heavy (non-hydrogen) atoms. The van der Waals surface area contributed by atoms with E-state index in [0.29, 0.717) is 12.1 Å². The number of carbonyl (C=O) groups is 1. The fraction of sp³-hybridized carbons (Fsp3) is 0.0588. The Labute approximate surface area is 122 Å². The van der Waals surface area contributed by atoms with Crippen molar-refractivity contribution in [3.05, 3.63) is 78.1 Å². The van der Waals surface area contributed by atoms with Gasteiger partial charge < -0.3 is 5.32 Å². The summed E-state index contributed by atoms with van der Waals surface area (Å²) in [5, 5.41) is 9.28. The Balaban J connectivity index is 1.71. The summed E-state index contributed by atoms with van der Waals surface area (Å²) in [7, 11) is 0. The number of hydrogen-bond acceptors (Lipinski definition) is 2. The Morgan fingerprint density at radius 2 is 1.86 bits per heavy atom. The zero-order chi connectivity index (χ0) is 14.5. The maximum absolute atomic E-state index is 11.9. The van der Waals surface area contributed by atoms with Crippen LogP contribution in [-0.4, -0.2) is 16.1 Å². The van der Waals surface area contributed by atoms with E-state index >= 15 is 0 Å². The van der Waals surface area contributed by atoms with Crippen molar-refractivity contribution in [2.45, 2.75) is 6.54 Å². The van der Waals surface area contributed by atoms with Gasteiger partial charge in [-0.1, -0.05) is 48.5 Å². The lowest BCUT2D eigenvalue weighted by molar-refractivity contribution is 0.0951. The molecule has 1 heterocycles. The minimum absolute atomic E-state index is 0.131. The molecule has 0 bridgehead atoms. The molecule has 0 aliphatic heterocycles. The number of hydrogen-bond donors (Lipinski definition) is 2. The van der Waals surface area contributed by atoms with E-state index in [0.717, 1.165) is 11.1 Å². The highest BCUT2D eigenvalue weighted by molar-refractivity contribution is 5.93. The first kappa shape index (κ1) is 13.1. The third-order valence-corrected chi connectivity index (χ3v) is 3.25. The average Bonchev–Trinajstić information content (AvgIpc) is 3.08. The molecule has 0 aliphatic carbocycles. The summed E-state index contributed by atoms with van der Waals surface area (Å²) < 4.78 is 0. The van der Waals surface area contributed by atoms with Crippen molar-refractivity contribution in [1.29, 1.82) is 0 Å². The topological polar surface area (TPSA) is 57.8 Å². The van der Waals surface area contributed by atoms with Crippen molar-refractivity contribution in [2.75, 3.05) is 0 Å². The van der Waals surface area contributed by atoms with Crippen LogP contribution in [0, 0.1) is 0 Å². The standard InChI is InChI=1S/C17H15N3O/c21-17(16-11-19-20-12-16)18-10-13-5-4-8-15(9-13)14-6-2-1-3-7-14/h1-9,11-12H,10H2,(H,18,21)(H,19,20). The maximum Gasteiger partial charge on any atom is 0.254 e. The fourth-order valence-corrected chi connectivity index (χ4v) is 2.15. The molecule has 104 valence electrons. The molecule has 0 fully saturated rings. The molecule has 3 rings (SSSR count). The smallest absolute Gasteiger partial charge is 0.254 e. The number of nitrogens with one attached hydrogen (secondary N) is 2. The Hall–Kier alpha value is -2.88. The second kappa shape index (κ2) is 6.05. The van der Waals surface area contributed by atoms with Gasteiger partial charge in [0.05, 0.1) is 11.8 Å². The quantitative estimate of drug-likeness (QED) is 0.770. The van der Waals surface area contributed by atoms with Gasteiger partial charge in [0.25, 0.3) is 5.91 Å². The Morgan fingerprint density at radius 3 is 2.62 bits per heavy atom. The van der Waals surface area contributed by atoms with E-state index in [1.165, 1.54) is 11.8 Å². The number of rotatable bonds is 4. The normalized spacial score (nSPS) is 10.3. The van der Waals surface area contributed by atoms with Gasteiger partial charge in [-0.3, -0.25) is 9.89 Å². The minimum Gasteiger partial charge on any atom is -0.348 e. The number of amides is 1. The largest absolute Gasteiger partial charge is 0.348 e. The van der Waals surface area contributed by atoms with Crippen molar-refractivity contribution in [1.82, 2.24) is 15.5 Å². The first-order valence-electron chi connectivity index (χ1n) is 6.74. The van der Waals surface area contributed by atoms with Crippen LogP contribution in [-0.2, 0) is 6.54 Å². The molecule has 0 aliphatic rings. The van der Waals surface area contributed by atoms with Crippen LogP contribution < -0.4 is 5.32 Å². The van der Waals surface area contributed by atoms with E-state index in [-0.39, 0.29) is 5.91 Å². The highest BCUT2D eigenvalue weighted by Crippen LogP contribution is 2.19. The van der Waals surface area contributed by atoms with Crippen LogP contribution in [0.1, 0.15) is 15.9 Å². The molecule has 0 saturated carbocycles. The zero-order valence-corrected chi connectivity index (χ0v) is 11.4. The molecule has 2 aromatic carbocycles. The van der Waals surface area contributed by atoms with Gasteiger partial charge in [-0.05, 0) is 22.8 Å². The average molecular weight is 277 g/mol. The molecule has 3 aromatic rings. The Kier molecular flexibility index (Phi) is 3.78. The number of benzene rings is 2. The summed E-state index contributed by atoms with van der Waals surface area (Å²) in [5.74, 6) is -0.131. The minimum atomic E-state index is -0.131. The number of nitrogens with zero attached hydrogens (tertiary/aromatic N) is 1. The van der Waals surface area contributed by atoms with Crippen LogP contribution in [0.4, 0.5) is 0 Å². The van der Waals surface area contributed by atoms with Crippen LogP contribution in [0.15, 0.2) is 67.0 Å². The lowest BCUT2D eigenvalue weighted by Crippen LogP contribution is -2.22. The van der Waals surface area contributed by atoms with Crippen LogP contribution in [0.3, 0.4) is 0 Å². The fourth-order valence-electron chi connectivity index (χ4n) is 2.15. The Morgan fingerprint density at radius 1 is 1.05 bits per heavy atom. The van der Waals surface area contributed by atoms with Crippen LogP contribution in [0.25, 0.3) is 11.1 Å². The van der Waals surface area contributed by atoms with Crippen molar-refractivity contribution < 1.29 is 4.79 Å². The lowest BCUT2D eigenvalue weighted by atomic mass is 10.0. The summed E-state index contributed by atoms with van der Waals surface area (Å²) in [6.45, 7) is 0.491. The first-order valence-corrected chi connectivity index (χ1v) is 6.74. The van der Waals surface area contributed by atoms with E-state index in [2.05, 4.69) is 39.8 Å². The van der Waals surface area contributed by atoms with Crippen molar-refractivity contribution >= 4 is 5.91 Å². The van der Waals surface area contributed by atoms with Gasteiger partial charge in [0.1, 0.15) is 0 Å². The van der Waals surface area contributed by atoms with E-state index in [1.54, 1.807) is 6.20 Å². The monoisotopic (exact) mass is 277 g/mol. The number of aromatic amines is 1. The van der Waals surface area contributed by atoms with Gasteiger partial charge in [0.2, 0.25) is 0 Å². The summed E-state index contributed by atoms with van der Waals surface area (Å²) >= 11 is 0. The van der Waals surface area contributed by atoms with Gasteiger partial charge >= 0.3 is 0 Å². The van der Waals surface area contributed by atoms with Gasteiger partial charge in [0, 0.05) is 12.7 Å². The van der Waals surface area contributed by atoms with Crippen molar-refractivity contribution in [3.8, 4) is 11.1 Å². The molecule has 0 saturated heterocycles. The zero-order valence-electron chi connectivity index (χ0n) is 11.4. The number of aromatic nitrogens is 2. The van der Waals surface area contributed by atoms with Crippen LogP contribution >= 0.6 is 0 Å². The SMILES string of the molecule is O=C(NCc1cccc(-c2ccccc2)c1)c1cn[nH]c1. The maximum atomic E-state index is 11.9. The van der Waals surface area contributed by atoms with Crippen LogP contribution in [0.5, 0.6) is 0 Å². The molecular weight excluding hydrogens is 262 g/mol. The van der Waals surface area contributed by atoms with Gasteiger partial charge in [-0.2, -0.15) is 5.10 Å². The summed E-state index contributed by atoms with van der Waals surface area (Å²) in [4.78, 5) is 11.9. The molecule has 4 heteroatoms. The van der Waals surface area contributed by atoms with E-state index in [4.69, 9.17) is 0 Å². The van der Waals surface area contributed by atoms with Crippen LogP contribution in [0.2, 0.25) is 0 Å². The molecular formula is C17H15N3O. The third-order valence-electron chi connectivity index (χ3n) is 3.25. The Bertz CT molecular complexity index is 721. The number of carbonyl (C=O) groups excluding carboxylic acids is 1. The van der Waals surface area contributed by atoms with Gasteiger partial charge in [0.15, 0.2) is 0 Å². The highest BCUT2D eigenvalue weighted by atomic mass is 16.1. The molecule has 0 unspecified atom stereocenters. The van der Waals surface area contributed by atoms with E-state index in [9.17, 15) is 4.79 Å². The van der Waals surface area contributed by atoms with Crippen molar-refractivity contribution in [2.24, 2.45) is 0 Å². The van der Waals surface area contributed by atoms with E-state index in [1.807, 2.05) is 30.3 Å². The van der Waals surface area contributed by atoms with Gasteiger partial charge in [-0.25, -0.2) is 0 Å². The lowest BCUT2D eigenvalue weighted by Gasteiger charge is -2.07. The summed E-state index contributed by atoms with van der Waals surface area (Å²) in [6, 6.07) is 18.3. The molecule has 0 atom stereocenters. The molecule has 4 nitrogen and oxygen atoms in total.